The molecule has 3 rings (SSSR count). The predicted octanol–water partition coefficient (Wildman–Crippen LogP) is 3.42. The van der Waals surface area contributed by atoms with Gasteiger partial charge in [-0.2, -0.15) is 4.72 Å². The van der Waals surface area contributed by atoms with Crippen LogP contribution in [0.4, 0.5) is 5.82 Å². The Morgan fingerprint density at radius 3 is 2.39 bits per heavy atom. The van der Waals surface area contributed by atoms with E-state index in [1.165, 1.54) is 0 Å². The maximum atomic E-state index is 13.4. The van der Waals surface area contributed by atoms with Crippen LogP contribution in [-0.4, -0.2) is 85.6 Å². The van der Waals surface area contributed by atoms with E-state index in [0.717, 1.165) is 12.0 Å². The van der Waals surface area contributed by atoms with Gasteiger partial charge in [-0.15, -0.1) is 0 Å². The van der Waals surface area contributed by atoms with Gasteiger partial charge in [-0.3, -0.25) is 14.4 Å². The number of aromatic nitrogens is 1. The van der Waals surface area contributed by atoms with Crippen LogP contribution in [0.25, 0.3) is 0 Å². The van der Waals surface area contributed by atoms with E-state index in [-0.39, 0.29) is 34.8 Å². The van der Waals surface area contributed by atoms with Crippen molar-refractivity contribution in [1.82, 2.24) is 19.9 Å². The number of hydrogen-bond donors (Lipinski definition) is 4. The SMILES string of the molecule is Cc1cc(C)c(S(=O)(=O)N[C@@H](CNC(=O)CO[C@@H]2C[C@@H](CNc3ccccn3)N(C(=O)CC(C)CC(C)(C)C)C2)C(=O)O)c(C)c1. The third-order valence-electron chi connectivity index (χ3n) is 7.79. The number of nitrogens with one attached hydrogen (secondary N) is 3. The summed E-state index contributed by atoms with van der Waals surface area (Å²) in [5.74, 6) is -1.12. The monoisotopic (exact) mass is 659 g/mol. The molecule has 1 aromatic carbocycles. The Morgan fingerprint density at radius 2 is 1.80 bits per heavy atom. The summed E-state index contributed by atoms with van der Waals surface area (Å²) in [4.78, 5) is 44.1. The number of pyridine rings is 1. The van der Waals surface area contributed by atoms with Gasteiger partial charge < -0.3 is 25.4 Å². The number of amides is 2. The molecule has 2 heterocycles. The molecule has 12 nitrogen and oxygen atoms in total. The molecule has 1 aliphatic rings. The van der Waals surface area contributed by atoms with E-state index >= 15 is 0 Å². The van der Waals surface area contributed by atoms with Gasteiger partial charge in [0.25, 0.3) is 0 Å². The van der Waals surface area contributed by atoms with E-state index < -0.39 is 40.6 Å². The quantitative estimate of drug-likeness (QED) is 0.224. The molecule has 1 saturated heterocycles. The molecule has 13 heteroatoms. The molecule has 254 valence electrons. The minimum absolute atomic E-state index is 0.0132. The lowest BCUT2D eigenvalue weighted by atomic mass is 9.84. The first-order valence-electron chi connectivity index (χ1n) is 15.6. The first-order valence-corrected chi connectivity index (χ1v) is 17.1. The number of hydrogen-bond acceptors (Lipinski definition) is 8. The molecule has 0 saturated carbocycles. The lowest BCUT2D eigenvalue weighted by molar-refractivity contribution is -0.139. The third-order valence-corrected chi connectivity index (χ3v) is 9.56. The lowest BCUT2D eigenvalue weighted by Crippen LogP contribution is -2.49. The van der Waals surface area contributed by atoms with Crippen LogP contribution in [0, 0.1) is 32.1 Å². The summed E-state index contributed by atoms with van der Waals surface area (Å²) in [5.41, 5.74) is 1.97. The fourth-order valence-electron chi connectivity index (χ4n) is 6.19. The zero-order valence-corrected chi connectivity index (χ0v) is 28.7. The number of rotatable bonds is 15. The Hall–Kier alpha value is -3.55. The molecule has 1 aromatic heterocycles. The first-order chi connectivity index (χ1) is 21.4. The topological polar surface area (TPSA) is 167 Å². The number of aliphatic carboxylic acids is 1. The van der Waals surface area contributed by atoms with Crippen LogP contribution < -0.4 is 15.4 Å². The number of carboxylic acids is 1. The summed E-state index contributed by atoms with van der Waals surface area (Å²) in [5, 5.41) is 15.4. The number of anilines is 1. The van der Waals surface area contributed by atoms with Crippen LogP contribution in [0.2, 0.25) is 0 Å². The number of sulfonamides is 1. The highest BCUT2D eigenvalue weighted by Gasteiger charge is 2.37. The largest absolute Gasteiger partial charge is 0.480 e. The number of ether oxygens (including phenoxy) is 1. The minimum atomic E-state index is -4.18. The average Bonchev–Trinajstić information content (AvgIpc) is 3.35. The smallest absolute Gasteiger partial charge is 0.323 e. The second-order valence-corrected chi connectivity index (χ2v) is 15.2. The van der Waals surface area contributed by atoms with Crippen molar-refractivity contribution in [1.29, 1.82) is 0 Å². The van der Waals surface area contributed by atoms with Crippen molar-refractivity contribution < 1.29 is 32.6 Å². The van der Waals surface area contributed by atoms with E-state index in [0.29, 0.717) is 42.9 Å². The Bertz CT molecular complexity index is 1450. The van der Waals surface area contributed by atoms with E-state index in [2.05, 4.69) is 48.0 Å². The predicted molar refractivity (Wildman–Crippen MR) is 176 cm³/mol. The summed E-state index contributed by atoms with van der Waals surface area (Å²) in [6, 6.07) is 7.19. The fourth-order valence-corrected chi connectivity index (χ4v) is 7.83. The molecule has 4 atom stereocenters. The van der Waals surface area contributed by atoms with Gasteiger partial charge in [0.15, 0.2) is 0 Å². The van der Waals surface area contributed by atoms with Crippen LogP contribution in [0.3, 0.4) is 0 Å². The molecular weight excluding hydrogens is 610 g/mol. The van der Waals surface area contributed by atoms with Gasteiger partial charge in [-0.05, 0) is 68.2 Å². The molecule has 0 aliphatic carbocycles. The van der Waals surface area contributed by atoms with Crippen LogP contribution in [0.15, 0.2) is 41.4 Å². The second kappa shape index (κ2) is 15.8. The van der Waals surface area contributed by atoms with Crippen molar-refractivity contribution in [3.8, 4) is 0 Å². The number of likely N-dealkylation sites (tertiary alicyclic amines) is 1. The van der Waals surface area contributed by atoms with Crippen molar-refractivity contribution in [3.63, 3.8) is 0 Å². The van der Waals surface area contributed by atoms with Crippen molar-refractivity contribution in [2.24, 2.45) is 11.3 Å². The Balaban J connectivity index is 1.59. The summed E-state index contributed by atoms with van der Waals surface area (Å²) in [6.45, 7) is 13.6. The number of benzene rings is 1. The lowest BCUT2D eigenvalue weighted by Gasteiger charge is -2.28. The Kier molecular flexibility index (Phi) is 12.7. The standard InChI is InChI=1S/C33H49N5O7S/c1-21-12-23(3)31(24(4)13-21)46(43,44)37-27(32(41)42)18-36-29(39)20-45-26-15-25(17-35-28-10-8-9-11-34-28)38(19-26)30(40)14-22(2)16-33(5,6)7/h8-13,22,25-27,37H,14-20H2,1-7H3,(H,34,35)(H,36,39)(H,41,42)/t22?,25-,26+,27-/m0/s1. The first kappa shape index (κ1) is 36.9. The molecule has 2 amide bonds. The number of carbonyl (C=O) groups is 3. The van der Waals surface area contributed by atoms with E-state index in [1.54, 1.807) is 32.2 Å². The number of aryl methyl sites for hydroxylation is 3. The molecule has 1 fully saturated rings. The van der Waals surface area contributed by atoms with E-state index in [1.807, 2.05) is 30.0 Å². The normalized spacial score (nSPS) is 18.2. The average molecular weight is 660 g/mol. The molecule has 46 heavy (non-hydrogen) atoms. The number of carbonyl (C=O) groups excluding carboxylic acids is 2. The Morgan fingerprint density at radius 1 is 1.13 bits per heavy atom. The highest BCUT2D eigenvalue weighted by Crippen LogP contribution is 2.29. The molecule has 0 radical (unpaired) electrons. The second-order valence-electron chi connectivity index (χ2n) is 13.6. The Labute approximate surface area is 272 Å². The fraction of sp³-hybridized carbons (Fsp3) is 0.576. The third kappa shape index (κ3) is 11.1. The molecular formula is C33H49N5O7S. The highest BCUT2D eigenvalue weighted by atomic mass is 32.2. The molecule has 2 aromatic rings. The van der Waals surface area contributed by atoms with Gasteiger partial charge in [-0.1, -0.05) is 51.5 Å². The molecule has 1 aliphatic heterocycles. The summed E-state index contributed by atoms with van der Waals surface area (Å²) < 4.78 is 34.3. The maximum absolute atomic E-state index is 13.4. The van der Waals surface area contributed by atoms with Crippen molar-refractivity contribution in [2.45, 2.75) is 90.8 Å². The maximum Gasteiger partial charge on any atom is 0.323 e. The van der Waals surface area contributed by atoms with Crippen LogP contribution in [0.1, 0.15) is 63.6 Å². The zero-order valence-electron chi connectivity index (χ0n) is 27.9. The van der Waals surface area contributed by atoms with Crippen molar-refractivity contribution >= 4 is 33.6 Å². The highest BCUT2D eigenvalue weighted by molar-refractivity contribution is 7.89. The molecule has 1 unspecified atom stereocenters. The zero-order chi connectivity index (χ0) is 34.2. The summed E-state index contributed by atoms with van der Waals surface area (Å²) in [6.07, 6.45) is 3.08. The molecule has 0 spiro atoms. The van der Waals surface area contributed by atoms with Gasteiger partial charge in [0, 0.05) is 32.3 Å². The van der Waals surface area contributed by atoms with E-state index in [4.69, 9.17) is 4.74 Å². The van der Waals surface area contributed by atoms with Crippen LogP contribution in [-0.2, 0) is 29.1 Å². The minimum Gasteiger partial charge on any atom is -0.480 e. The van der Waals surface area contributed by atoms with Gasteiger partial charge in [0.05, 0.1) is 17.0 Å². The molecule has 4 N–H and O–H groups in total. The number of nitrogens with zero attached hydrogens (tertiary/aromatic N) is 2. The van der Waals surface area contributed by atoms with Gasteiger partial charge in [0.1, 0.15) is 18.5 Å². The van der Waals surface area contributed by atoms with Gasteiger partial charge in [-0.25, -0.2) is 13.4 Å². The number of carboxylic acid groups (broad SMARTS) is 1. The summed E-state index contributed by atoms with van der Waals surface area (Å²) in [7, 11) is -4.18. The van der Waals surface area contributed by atoms with Crippen LogP contribution >= 0.6 is 0 Å². The van der Waals surface area contributed by atoms with Crippen LogP contribution in [0.5, 0.6) is 0 Å². The summed E-state index contributed by atoms with van der Waals surface area (Å²) >= 11 is 0. The van der Waals surface area contributed by atoms with Gasteiger partial charge in [0.2, 0.25) is 21.8 Å². The van der Waals surface area contributed by atoms with Crippen molar-refractivity contribution in [2.75, 3.05) is 31.6 Å². The van der Waals surface area contributed by atoms with Gasteiger partial charge >= 0.3 is 5.97 Å². The molecule has 0 bridgehead atoms. The van der Waals surface area contributed by atoms with E-state index in [9.17, 15) is 27.9 Å². The van der Waals surface area contributed by atoms with Crippen molar-refractivity contribution in [3.05, 3.63) is 53.2 Å².